The van der Waals surface area contributed by atoms with Crippen LogP contribution in [0.2, 0.25) is 0 Å². The van der Waals surface area contributed by atoms with E-state index in [9.17, 15) is 0 Å². The van der Waals surface area contributed by atoms with Crippen molar-refractivity contribution in [1.82, 2.24) is 10.2 Å². The summed E-state index contributed by atoms with van der Waals surface area (Å²) >= 11 is 0. The number of benzene rings is 1. The van der Waals surface area contributed by atoms with Gasteiger partial charge in [-0.1, -0.05) is 0 Å². The first-order valence-electron chi connectivity index (χ1n) is 4.80. The van der Waals surface area contributed by atoms with Crippen molar-refractivity contribution in [1.29, 1.82) is 0 Å². The molecule has 1 aromatic heterocycles. The number of rotatable bonds is 0. The van der Waals surface area contributed by atoms with Gasteiger partial charge in [-0.05, 0) is 50.5 Å². The van der Waals surface area contributed by atoms with Gasteiger partial charge in [0.2, 0.25) is 0 Å². The van der Waals surface area contributed by atoms with Gasteiger partial charge >= 0.3 is 0 Å². The molecule has 2 rings (SSSR count). The summed E-state index contributed by atoms with van der Waals surface area (Å²) in [5.74, 6) is 0. The van der Waals surface area contributed by atoms with Crippen LogP contribution in [0.15, 0.2) is 12.3 Å². The fourth-order valence-corrected chi connectivity index (χ4v) is 1.92. The molecule has 0 aliphatic rings. The smallest absolute Gasteiger partial charge is 0.0681 e. The Labute approximate surface area is 84.0 Å². The molecule has 2 aromatic rings. The highest BCUT2D eigenvalue weighted by atomic mass is 15.1. The third-order valence-electron chi connectivity index (χ3n) is 2.96. The summed E-state index contributed by atoms with van der Waals surface area (Å²) in [6, 6.07) is 2.18. The molecule has 0 fully saturated rings. The van der Waals surface area contributed by atoms with Crippen molar-refractivity contribution in [2.45, 2.75) is 27.7 Å². The van der Waals surface area contributed by atoms with Gasteiger partial charge in [0.25, 0.3) is 0 Å². The second-order valence-electron chi connectivity index (χ2n) is 3.84. The maximum Gasteiger partial charge on any atom is 0.0681 e. The monoisotopic (exact) mass is 186 g/mol. The van der Waals surface area contributed by atoms with Crippen molar-refractivity contribution in [3.05, 3.63) is 34.6 Å². The highest BCUT2D eigenvalue weighted by Crippen LogP contribution is 2.25. The number of fused-ring (bicyclic) bond motifs is 1. The predicted molar refractivity (Wildman–Crippen MR) is 58.5 cm³/mol. The van der Waals surface area contributed by atoms with E-state index < -0.39 is 0 Å². The van der Waals surface area contributed by atoms with Gasteiger partial charge in [-0.2, -0.15) is 10.2 Å². The molecule has 2 heteroatoms. The number of nitrogens with zero attached hydrogens (tertiary/aromatic N) is 2. The number of aromatic nitrogens is 2. The minimum absolute atomic E-state index is 1.02. The number of hydrogen-bond donors (Lipinski definition) is 0. The van der Waals surface area contributed by atoms with E-state index in [1.165, 1.54) is 27.5 Å². The van der Waals surface area contributed by atoms with Crippen LogP contribution >= 0.6 is 0 Å². The largest absolute Gasteiger partial charge is 0.158 e. The van der Waals surface area contributed by atoms with Crippen molar-refractivity contribution in [3.8, 4) is 0 Å². The van der Waals surface area contributed by atoms with Crippen LogP contribution in [-0.4, -0.2) is 10.2 Å². The molecule has 2 nitrogen and oxygen atoms in total. The van der Waals surface area contributed by atoms with E-state index in [1.54, 1.807) is 0 Å². The Morgan fingerprint density at radius 1 is 1.00 bits per heavy atom. The first kappa shape index (κ1) is 9.13. The minimum atomic E-state index is 1.02. The van der Waals surface area contributed by atoms with Gasteiger partial charge in [0.15, 0.2) is 0 Å². The van der Waals surface area contributed by atoms with Gasteiger partial charge in [-0.15, -0.1) is 0 Å². The van der Waals surface area contributed by atoms with E-state index in [0.717, 1.165) is 5.69 Å². The Morgan fingerprint density at radius 2 is 1.71 bits per heavy atom. The van der Waals surface area contributed by atoms with E-state index in [1.807, 2.05) is 13.1 Å². The van der Waals surface area contributed by atoms with Gasteiger partial charge < -0.3 is 0 Å². The van der Waals surface area contributed by atoms with E-state index in [4.69, 9.17) is 0 Å². The molecule has 72 valence electrons. The van der Waals surface area contributed by atoms with Crippen molar-refractivity contribution in [2.24, 2.45) is 0 Å². The van der Waals surface area contributed by atoms with Crippen LogP contribution in [0.25, 0.3) is 10.8 Å². The zero-order valence-corrected chi connectivity index (χ0v) is 9.05. The van der Waals surface area contributed by atoms with Gasteiger partial charge in [-0.3, -0.25) is 0 Å². The zero-order chi connectivity index (χ0) is 10.3. The van der Waals surface area contributed by atoms with Crippen LogP contribution in [0.3, 0.4) is 0 Å². The fourth-order valence-electron chi connectivity index (χ4n) is 1.92. The molecule has 0 aliphatic carbocycles. The average Bonchev–Trinajstić information content (AvgIpc) is 2.14. The van der Waals surface area contributed by atoms with E-state index in [2.05, 4.69) is 37.0 Å². The highest BCUT2D eigenvalue weighted by molar-refractivity contribution is 5.88. The van der Waals surface area contributed by atoms with Gasteiger partial charge in [0.05, 0.1) is 11.9 Å². The Hall–Kier alpha value is -1.44. The molecule has 1 heterocycles. The molecule has 0 saturated heterocycles. The third kappa shape index (κ3) is 1.18. The first-order chi connectivity index (χ1) is 6.61. The Bertz CT molecular complexity index is 501. The molecule has 0 atom stereocenters. The molecular formula is C12H14N2. The van der Waals surface area contributed by atoms with Gasteiger partial charge in [0, 0.05) is 10.8 Å². The lowest BCUT2D eigenvalue weighted by atomic mass is 9.97. The maximum atomic E-state index is 4.09. The second-order valence-corrected chi connectivity index (χ2v) is 3.84. The Morgan fingerprint density at radius 3 is 2.43 bits per heavy atom. The van der Waals surface area contributed by atoms with Crippen molar-refractivity contribution >= 4 is 10.8 Å². The summed E-state index contributed by atoms with van der Waals surface area (Å²) in [6.45, 7) is 8.46. The molecule has 1 aromatic carbocycles. The van der Waals surface area contributed by atoms with Crippen molar-refractivity contribution < 1.29 is 0 Å². The van der Waals surface area contributed by atoms with Crippen molar-refractivity contribution in [2.75, 3.05) is 0 Å². The van der Waals surface area contributed by atoms with Crippen LogP contribution in [0.1, 0.15) is 22.4 Å². The SMILES string of the molecule is Cc1cc2cnnc(C)c2c(C)c1C. The summed E-state index contributed by atoms with van der Waals surface area (Å²) in [6.07, 6.45) is 1.84. The first-order valence-corrected chi connectivity index (χ1v) is 4.80. The van der Waals surface area contributed by atoms with Crippen molar-refractivity contribution in [3.63, 3.8) is 0 Å². The molecule has 14 heavy (non-hydrogen) atoms. The Balaban J connectivity index is 2.99. The summed E-state index contributed by atoms with van der Waals surface area (Å²) in [5.41, 5.74) is 5.02. The summed E-state index contributed by atoms with van der Waals surface area (Å²) < 4.78 is 0. The van der Waals surface area contributed by atoms with Gasteiger partial charge in [-0.25, -0.2) is 0 Å². The maximum absolute atomic E-state index is 4.09. The van der Waals surface area contributed by atoms with Crippen LogP contribution in [-0.2, 0) is 0 Å². The number of aryl methyl sites for hydroxylation is 3. The van der Waals surface area contributed by atoms with E-state index in [-0.39, 0.29) is 0 Å². The van der Waals surface area contributed by atoms with E-state index >= 15 is 0 Å². The lowest BCUT2D eigenvalue weighted by Gasteiger charge is -2.10. The molecule has 0 bridgehead atoms. The summed E-state index contributed by atoms with van der Waals surface area (Å²) in [5, 5.41) is 10.5. The fraction of sp³-hybridized carbons (Fsp3) is 0.333. The molecule has 0 amide bonds. The summed E-state index contributed by atoms with van der Waals surface area (Å²) in [7, 11) is 0. The summed E-state index contributed by atoms with van der Waals surface area (Å²) in [4.78, 5) is 0. The lowest BCUT2D eigenvalue weighted by molar-refractivity contribution is 0.999. The quantitative estimate of drug-likeness (QED) is 0.632. The normalized spacial score (nSPS) is 10.9. The molecular weight excluding hydrogens is 172 g/mol. The zero-order valence-electron chi connectivity index (χ0n) is 9.05. The molecule has 0 radical (unpaired) electrons. The molecule has 0 N–H and O–H groups in total. The third-order valence-corrected chi connectivity index (χ3v) is 2.96. The van der Waals surface area contributed by atoms with E-state index in [0.29, 0.717) is 0 Å². The molecule has 0 saturated carbocycles. The molecule has 0 spiro atoms. The second kappa shape index (κ2) is 3.05. The highest BCUT2D eigenvalue weighted by Gasteiger charge is 2.06. The molecule has 0 aliphatic heterocycles. The van der Waals surface area contributed by atoms with Gasteiger partial charge in [0.1, 0.15) is 0 Å². The van der Waals surface area contributed by atoms with Crippen LogP contribution in [0.5, 0.6) is 0 Å². The van der Waals surface area contributed by atoms with Crippen LogP contribution in [0, 0.1) is 27.7 Å². The lowest BCUT2D eigenvalue weighted by Crippen LogP contribution is -1.94. The topological polar surface area (TPSA) is 25.8 Å². The van der Waals surface area contributed by atoms with Crippen LogP contribution < -0.4 is 0 Å². The predicted octanol–water partition coefficient (Wildman–Crippen LogP) is 2.86. The minimum Gasteiger partial charge on any atom is -0.158 e. The molecule has 0 unspecified atom stereocenters. The van der Waals surface area contributed by atoms with Crippen LogP contribution in [0.4, 0.5) is 0 Å². The average molecular weight is 186 g/mol. The number of hydrogen-bond acceptors (Lipinski definition) is 2. The standard InChI is InChI=1S/C12H14N2/c1-7-5-11-6-13-14-10(4)12(11)9(3)8(7)2/h5-6H,1-4H3. The Kier molecular flexibility index (Phi) is 1.99.